The maximum absolute atomic E-state index is 7.86. The number of nitrogens with zero attached hydrogens (tertiary/aromatic N) is 1. The molecule has 2 atom stereocenters. The minimum absolute atomic E-state index is 0.0431. The molecule has 1 N–H and O–H groups in total. The van der Waals surface area contributed by atoms with Gasteiger partial charge in [-0.25, -0.2) is 7.14 Å². The van der Waals surface area contributed by atoms with Gasteiger partial charge in [0.15, 0.2) is 0 Å². The molecule has 6 rings (SSSR count). The monoisotopic (exact) mass is 505 g/mol. The summed E-state index contributed by atoms with van der Waals surface area (Å²) in [6, 6.07) is 30.8. The second-order valence-electron chi connectivity index (χ2n) is 11.3. The van der Waals surface area contributed by atoms with Gasteiger partial charge in [0.25, 0.3) is 0 Å². The van der Waals surface area contributed by atoms with Crippen LogP contribution in [0.1, 0.15) is 93.0 Å². The molecule has 1 heterocycles. The van der Waals surface area contributed by atoms with Crippen LogP contribution >= 0.6 is 7.14 Å². The number of benzene rings is 3. The van der Waals surface area contributed by atoms with E-state index in [4.69, 9.17) is 12.6 Å². The lowest BCUT2D eigenvalue weighted by atomic mass is 9.95. The summed E-state index contributed by atoms with van der Waals surface area (Å²) in [7, 11) is 5.99. The molecule has 2 fully saturated rings. The highest BCUT2D eigenvalue weighted by molar-refractivity contribution is 8.04. The maximum Gasteiger partial charge on any atom is 0.133 e. The Morgan fingerprint density at radius 1 is 0.622 bits per heavy atom. The Morgan fingerprint density at radius 3 is 1.73 bits per heavy atom. The first kappa shape index (κ1) is 24.9. The van der Waals surface area contributed by atoms with E-state index in [-0.39, 0.29) is 12.1 Å². The number of hydrogen-bond acceptors (Lipinski definition) is 2. The lowest BCUT2D eigenvalue weighted by molar-refractivity contribution is 0.485. The van der Waals surface area contributed by atoms with Crippen molar-refractivity contribution in [2.45, 2.75) is 87.6 Å². The summed E-state index contributed by atoms with van der Waals surface area (Å²) in [5.41, 5.74) is 5.10. The summed E-state index contributed by atoms with van der Waals surface area (Å²) in [6.45, 7) is 0. The van der Waals surface area contributed by atoms with Gasteiger partial charge in [-0.05, 0) is 74.6 Å². The highest BCUT2D eigenvalue weighted by atomic mass is 31.2. The van der Waals surface area contributed by atoms with Crippen LogP contribution in [0.25, 0.3) is 0 Å². The van der Waals surface area contributed by atoms with Crippen molar-refractivity contribution >= 4 is 25.8 Å². The van der Waals surface area contributed by atoms with Crippen molar-refractivity contribution in [2.24, 2.45) is 4.99 Å². The second-order valence-corrected chi connectivity index (χ2v) is 14.9. The standard InChI is InChI=1S/C33H39BN2P/c34-37(27-19-9-3-10-20-27,28-21-11-4-12-22-28)30-24-14-13-23-29(30)33-35-31(25-15-5-1-6-16-25)32(36-33)26-17-7-2-8-18-26/h1-2,5-8,13-18,23-24,27-28,31-32H,3-4,9-12,19-22H2,(H,35,36)/t31-,32-/m0/s1. The van der Waals surface area contributed by atoms with E-state index in [1.165, 1.54) is 86.2 Å². The zero-order chi connectivity index (χ0) is 25.1. The van der Waals surface area contributed by atoms with E-state index in [1.54, 1.807) is 0 Å². The molecule has 37 heavy (non-hydrogen) atoms. The summed E-state index contributed by atoms with van der Waals surface area (Å²) in [5, 5.41) is 5.33. The Kier molecular flexibility index (Phi) is 7.52. The first-order valence-corrected chi connectivity index (χ1v) is 16.5. The number of amidine groups is 1. The van der Waals surface area contributed by atoms with Crippen LogP contribution < -0.4 is 10.6 Å². The summed E-state index contributed by atoms with van der Waals surface area (Å²) in [5.74, 6) is 1.03. The zero-order valence-electron chi connectivity index (χ0n) is 21.9. The molecule has 0 amide bonds. The first-order valence-electron chi connectivity index (χ1n) is 14.5. The van der Waals surface area contributed by atoms with Gasteiger partial charge in [0.1, 0.15) is 11.9 Å². The van der Waals surface area contributed by atoms with E-state index >= 15 is 0 Å². The molecule has 3 aliphatic rings. The number of hydrogen-bond donors (Lipinski definition) is 1. The SMILES string of the molecule is [B-][P+](c1ccccc1C1=N[C@@H](c2ccccc2)[C@H](c2ccccc2)N1)(C1CCCCC1)C1CCCCC1. The minimum atomic E-state index is -1.87. The zero-order valence-corrected chi connectivity index (χ0v) is 22.8. The molecule has 0 bridgehead atoms. The fourth-order valence-corrected chi connectivity index (χ4v) is 12.0. The van der Waals surface area contributed by atoms with Gasteiger partial charge in [-0.2, -0.15) is 0 Å². The highest BCUT2D eigenvalue weighted by Crippen LogP contribution is 2.68. The van der Waals surface area contributed by atoms with Crippen LogP contribution in [0.4, 0.5) is 0 Å². The average Bonchev–Trinajstić information content (AvgIpc) is 3.44. The van der Waals surface area contributed by atoms with Gasteiger partial charge in [-0.1, -0.05) is 85.6 Å². The van der Waals surface area contributed by atoms with Crippen molar-refractivity contribution in [2.75, 3.05) is 0 Å². The topological polar surface area (TPSA) is 24.4 Å². The molecule has 3 aromatic rings. The van der Waals surface area contributed by atoms with Crippen LogP contribution in [0.5, 0.6) is 0 Å². The predicted molar refractivity (Wildman–Crippen MR) is 161 cm³/mol. The Labute approximate surface area is 225 Å². The van der Waals surface area contributed by atoms with Crippen LogP contribution in [-0.2, 0) is 0 Å². The van der Waals surface area contributed by atoms with Crippen LogP contribution in [0.15, 0.2) is 89.9 Å². The smallest absolute Gasteiger partial charge is 0.133 e. The van der Waals surface area contributed by atoms with Gasteiger partial charge < -0.3 is 5.32 Å². The van der Waals surface area contributed by atoms with Gasteiger partial charge >= 0.3 is 0 Å². The molecule has 0 saturated heterocycles. The Morgan fingerprint density at radius 2 is 1.14 bits per heavy atom. The molecule has 2 nitrogen and oxygen atoms in total. The van der Waals surface area contributed by atoms with Gasteiger partial charge in [-0.15, -0.1) is 0 Å². The fourth-order valence-electron chi connectivity index (χ4n) is 7.19. The van der Waals surface area contributed by atoms with Crippen molar-refractivity contribution < 1.29 is 0 Å². The molecule has 189 valence electrons. The molecule has 1 aliphatic heterocycles. The number of aliphatic imine (C=N–C) groups is 1. The van der Waals surface area contributed by atoms with Crippen LogP contribution in [-0.4, -0.2) is 24.7 Å². The van der Waals surface area contributed by atoms with Crippen molar-refractivity contribution in [3.05, 3.63) is 102 Å². The Balaban J connectivity index is 1.44. The number of nitrogens with one attached hydrogen (secondary N) is 1. The summed E-state index contributed by atoms with van der Waals surface area (Å²) in [6.07, 6.45) is 13.3. The quantitative estimate of drug-likeness (QED) is 0.267. The van der Waals surface area contributed by atoms with E-state index in [0.29, 0.717) is 11.3 Å². The van der Waals surface area contributed by atoms with Gasteiger partial charge in [0, 0.05) is 11.3 Å². The van der Waals surface area contributed by atoms with Crippen LogP contribution in [0, 0.1) is 0 Å². The van der Waals surface area contributed by atoms with E-state index in [1.807, 2.05) is 0 Å². The molecule has 3 aromatic carbocycles. The summed E-state index contributed by atoms with van der Waals surface area (Å²) < 4.78 is 0. The molecule has 4 heteroatoms. The highest BCUT2D eigenvalue weighted by Gasteiger charge is 2.42. The number of rotatable bonds is 6. The molecule has 0 unspecified atom stereocenters. The molecule has 2 saturated carbocycles. The maximum atomic E-state index is 7.86. The van der Waals surface area contributed by atoms with E-state index in [0.717, 1.165) is 5.84 Å². The minimum Gasteiger partial charge on any atom is -0.360 e. The van der Waals surface area contributed by atoms with Crippen molar-refractivity contribution in [1.29, 1.82) is 0 Å². The molecule has 2 aliphatic carbocycles. The van der Waals surface area contributed by atoms with Gasteiger partial charge in [0.2, 0.25) is 0 Å². The predicted octanol–water partition coefficient (Wildman–Crippen LogP) is 7.91. The third-order valence-corrected chi connectivity index (χ3v) is 13.8. The van der Waals surface area contributed by atoms with Crippen LogP contribution in [0.3, 0.4) is 0 Å². The van der Waals surface area contributed by atoms with Crippen LogP contribution in [0.2, 0.25) is 0 Å². The third kappa shape index (κ3) is 4.93. The fraction of sp³-hybridized carbons (Fsp3) is 0.424. The van der Waals surface area contributed by atoms with E-state index < -0.39 is 7.14 Å². The van der Waals surface area contributed by atoms with Gasteiger partial charge in [-0.3, -0.25) is 12.6 Å². The molecule has 0 aromatic heterocycles. The summed E-state index contributed by atoms with van der Waals surface area (Å²) >= 11 is 0. The summed E-state index contributed by atoms with van der Waals surface area (Å²) in [4.78, 5) is 5.42. The average molecular weight is 505 g/mol. The van der Waals surface area contributed by atoms with Crippen molar-refractivity contribution in [3.8, 4) is 0 Å². The van der Waals surface area contributed by atoms with E-state index in [2.05, 4.69) is 90.2 Å². The lowest BCUT2D eigenvalue weighted by Gasteiger charge is -2.52. The largest absolute Gasteiger partial charge is 0.360 e. The van der Waals surface area contributed by atoms with Crippen molar-refractivity contribution in [1.82, 2.24) is 5.32 Å². The van der Waals surface area contributed by atoms with Crippen molar-refractivity contribution in [3.63, 3.8) is 0 Å². The first-order chi connectivity index (χ1) is 18.2. The molecular formula is C33H39BN2P. The Hall–Kier alpha value is -2.38. The normalized spacial score (nSPS) is 23.4. The van der Waals surface area contributed by atoms with Gasteiger partial charge in [0.05, 0.1) is 16.9 Å². The lowest BCUT2D eigenvalue weighted by Crippen LogP contribution is -2.38. The Bertz CT molecular complexity index is 1180. The molecule has 3 radical (unpaired) electrons. The molecule has 0 spiro atoms. The third-order valence-electron chi connectivity index (χ3n) is 9.11. The second kappa shape index (κ2) is 11.2. The van der Waals surface area contributed by atoms with E-state index in [9.17, 15) is 0 Å². The molecular weight excluding hydrogens is 466 g/mol.